The van der Waals surface area contributed by atoms with Gasteiger partial charge in [-0.1, -0.05) is 51.8 Å². The normalized spacial score (nSPS) is 13.8. The topological polar surface area (TPSA) is 92.7 Å². The number of halogens is 2. The van der Waals surface area contributed by atoms with Crippen LogP contribution < -0.4 is 18.9 Å². The number of cyclic esters (lactones) is 1. The van der Waals surface area contributed by atoms with E-state index in [9.17, 15) is 9.59 Å². The lowest BCUT2D eigenvalue weighted by molar-refractivity contribution is -0.129. The Hall–Kier alpha value is -3.86. The minimum absolute atomic E-state index is 0.0380. The lowest BCUT2D eigenvalue weighted by Crippen LogP contribution is -2.10. The number of fused-ring (bicyclic) bond motifs is 1. The second kappa shape index (κ2) is 11.1. The Kier molecular flexibility index (Phi) is 7.60. The molecule has 0 amide bonds. The highest BCUT2D eigenvalue weighted by atomic mass is 79.9. The number of carbonyl (C=O) groups excluding carboxylic acids is 2. The van der Waals surface area contributed by atoms with Gasteiger partial charge in [0.05, 0.1) is 31.9 Å². The van der Waals surface area contributed by atoms with Gasteiger partial charge in [-0.2, -0.15) is 0 Å². The first-order valence-corrected chi connectivity index (χ1v) is 13.3. The molecule has 11 heteroatoms. The zero-order valence-electron chi connectivity index (χ0n) is 20.7. The van der Waals surface area contributed by atoms with E-state index in [4.69, 9.17) is 35.3 Å². The van der Waals surface area contributed by atoms with Crippen LogP contribution in [0, 0.1) is 0 Å². The molecule has 2 heterocycles. The summed E-state index contributed by atoms with van der Waals surface area (Å²) in [6.07, 6.45) is 1.49. The van der Waals surface area contributed by atoms with E-state index in [2.05, 4.69) is 20.9 Å². The molecular weight excluding hydrogens is 610 g/mol. The summed E-state index contributed by atoms with van der Waals surface area (Å²) >= 11 is 11.4. The first-order chi connectivity index (χ1) is 18.8. The number of aliphatic imine (C=N–C) groups is 1. The fourth-order valence-electron chi connectivity index (χ4n) is 3.88. The second-order valence-corrected chi connectivity index (χ2v) is 10.4. The van der Waals surface area contributed by atoms with Crippen molar-refractivity contribution in [3.05, 3.63) is 85.8 Å². The van der Waals surface area contributed by atoms with Crippen LogP contribution in [0.25, 0.3) is 16.2 Å². The predicted molar refractivity (Wildman–Crippen MR) is 153 cm³/mol. The van der Waals surface area contributed by atoms with Crippen molar-refractivity contribution < 1.29 is 33.3 Å². The molecule has 0 saturated carbocycles. The van der Waals surface area contributed by atoms with Crippen molar-refractivity contribution in [1.82, 2.24) is 0 Å². The molecule has 0 unspecified atom stereocenters. The first kappa shape index (κ1) is 26.7. The Morgan fingerprint density at radius 2 is 1.72 bits per heavy atom. The number of benzene rings is 3. The molecule has 0 atom stereocenters. The van der Waals surface area contributed by atoms with Gasteiger partial charge in [0.15, 0.2) is 17.2 Å². The third kappa shape index (κ3) is 5.23. The Morgan fingerprint density at radius 3 is 2.41 bits per heavy atom. The van der Waals surface area contributed by atoms with Crippen LogP contribution in [0.3, 0.4) is 0 Å². The second-order valence-electron chi connectivity index (χ2n) is 8.06. The predicted octanol–water partition coefficient (Wildman–Crippen LogP) is 6.91. The molecule has 1 aliphatic rings. The first-order valence-electron chi connectivity index (χ1n) is 11.3. The number of para-hydroxylation sites is 1. The van der Waals surface area contributed by atoms with Crippen LogP contribution in [-0.2, 0) is 9.53 Å². The highest BCUT2D eigenvalue weighted by Crippen LogP contribution is 2.40. The van der Waals surface area contributed by atoms with Crippen molar-refractivity contribution in [2.24, 2.45) is 4.99 Å². The van der Waals surface area contributed by atoms with Crippen LogP contribution in [0.2, 0.25) is 5.02 Å². The van der Waals surface area contributed by atoms with E-state index < -0.39 is 11.9 Å². The standard InChI is InChI=1S/C28H19BrClNO7S/c1-34-20-11-15(12-21(35-2)24(20)36-3)27(32)37-19-7-5-4-6-14(19)10-18-28(33)38-26(31-18)25-23(30)17-9-8-16(29)13-22(17)39-25/h4-13H,1-3H3/b18-10+. The number of hydrogen-bond acceptors (Lipinski definition) is 9. The molecule has 0 bridgehead atoms. The highest BCUT2D eigenvalue weighted by molar-refractivity contribution is 9.10. The highest BCUT2D eigenvalue weighted by Gasteiger charge is 2.28. The maximum Gasteiger partial charge on any atom is 0.363 e. The van der Waals surface area contributed by atoms with Gasteiger partial charge in [-0.25, -0.2) is 14.6 Å². The third-order valence-electron chi connectivity index (χ3n) is 5.72. The quantitative estimate of drug-likeness (QED) is 0.125. The van der Waals surface area contributed by atoms with Crippen LogP contribution in [0.4, 0.5) is 0 Å². The van der Waals surface area contributed by atoms with Gasteiger partial charge in [0, 0.05) is 20.1 Å². The van der Waals surface area contributed by atoms with E-state index in [1.807, 2.05) is 18.2 Å². The number of methoxy groups -OCH3 is 3. The molecule has 1 aliphatic heterocycles. The van der Waals surface area contributed by atoms with Gasteiger partial charge in [0.25, 0.3) is 0 Å². The van der Waals surface area contributed by atoms with Gasteiger partial charge in [-0.05, 0) is 36.4 Å². The summed E-state index contributed by atoms with van der Waals surface area (Å²) in [5.74, 6) is -0.0251. The molecule has 0 spiro atoms. The maximum atomic E-state index is 13.1. The monoisotopic (exact) mass is 627 g/mol. The molecule has 0 fully saturated rings. The van der Waals surface area contributed by atoms with Crippen molar-refractivity contribution >= 4 is 72.9 Å². The van der Waals surface area contributed by atoms with E-state index in [0.29, 0.717) is 32.7 Å². The summed E-state index contributed by atoms with van der Waals surface area (Å²) in [7, 11) is 4.38. The number of esters is 2. The molecule has 0 saturated heterocycles. The van der Waals surface area contributed by atoms with Crippen molar-refractivity contribution in [2.45, 2.75) is 0 Å². The SMILES string of the molecule is COc1cc(C(=O)Oc2ccccc2/C=C2/N=C(c3sc4cc(Br)ccc4c3Cl)OC2=O)cc(OC)c1OC. The molecular formula is C28H19BrClNO7S. The number of thiophene rings is 1. The van der Waals surface area contributed by atoms with Gasteiger partial charge >= 0.3 is 11.9 Å². The molecule has 198 valence electrons. The average molecular weight is 629 g/mol. The Bertz CT molecular complexity index is 1670. The third-order valence-corrected chi connectivity index (χ3v) is 7.86. The summed E-state index contributed by atoms with van der Waals surface area (Å²) in [6.45, 7) is 0. The molecule has 5 rings (SSSR count). The lowest BCUT2D eigenvalue weighted by atomic mass is 10.1. The van der Waals surface area contributed by atoms with Crippen LogP contribution in [0.15, 0.2) is 69.8 Å². The largest absolute Gasteiger partial charge is 0.493 e. The molecule has 0 N–H and O–H groups in total. The summed E-state index contributed by atoms with van der Waals surface area (Å²) < 4.78 is 28.9. The zero-order chi connectivity index (χ0) is 27.7. The number of ether oxygens (including phenoxy) is 5. The maximum absolute atomic E-state index is 13.1. The van der Waals surface area contributed by atoms with Gasteiger partial charge in [0.1, 0.15) is 10.6 Å². The number of carbonyl (C=O) groups is 2. The van der Waals surface area contributed by atoms with Crippen LogP contribution in [-0.4, -0.2) is 39.2 Å². The van der Waals surface area contributed by atoms with Crippen molar-refractivity contribution in [3.63, 3.8) is 0 Å². The summed E-state index contributed by atoms with van der Waals surface area (Å²) in [6, 6.07) is 15.4. The van der Waals surface area contributed by atoms with Gasteiger partial charge in [-0.3, -0.25) is 0 Å². The van der Waals surface area contributed by atoms with Crippen molar-refractivity contribution in [2.75, 3.05) is 21.3 Å². The number of nitrogens with zero attached hydrogens (tertiary/aromatic N) is 1. The minimum Gasteiger partial charge on any atom is -0.493 e. The molecule has 1 aromatic heterocycles. The van der Waals surface area contributed by atoms with Crippen molar-refractivity contribution in [3.8, 4) is 23.0 Å². The number of hydrogen-bond donors (Lipinski definition) is 0. The smallest absolute Gasteiger partial charge is 0.363 e. The van der Waals surface area contributed by atoms with E-state index in [1.165, 1.54) is 50.9 Å². The van der Waals surface area contributed by atoms with Crippen LogP contribution in [0.1, 0.15) is 20.8 Å². The zero-order valence-corrected chi connectivity index (χ0v) is 23.9. The van der Waals surface area contributed by atoms with E-state index in [1.54, 1.807) is 24.3 Å². The Labute approximate surface area is 240 Å². The fourth-order valence-corrected chi connectivity index (χ4v) is 5.87. The van der Waals surface area contributed by atoms with Gasteiger partial charge < -0.3 is 23.7 Å². The Balaban J connectivity index is 1.46. The van der Waals surface area contributed by atoms with Crippen LogP contribution >= 0.6 is 38.9 Å². The van der Waals surface area contributed by atoms with Gasteiger partial charge in [-0.15, -0.1) is 11.3 Å². The van der Waals surface area contributed by atoms with E-state index in [-0.39, 0.29) is 22.9 Å². The van der Waals surface area contributed by atoms with E-state index in [0.717, 1.165) is 14.6 Å². The molecule has 0 aliphatic carbocycles. The van der Waals surface area contributed by atoms with Crippen molar-refractivity contribution in [1.29, 1.82) is 0 Å². The summed E-state index contributed by atoms with van der Waals surface area (Å²) in [4.78, 5) is 30.7. The minimum atomic E-state index is -0.665. The number of rotatable bonds is 7. The summed E-state index contributed by atoms with van der Waals surface area (Å²) in [5, 5.41) is 1.29. The molecule has 4 aromatic rings. The molecule has 3 aromatic carbocycles. The molecule has 8 nitrogen and oxygen atoms in total. The lowest BCUT2D eigenvalue weighted by Gasteiger charge is -2.14. The van der Waals surface area contributed by atoms with E-state index >= 15 is 0 Å². The molecule has 39 heavy (non-hydrogen) atoms. The fraction of sp³-hybridized carbons (Fsp3) is 0.107. The van der Waals surface area contributed by atoms with Crippen LogP contribution in [0.5, 0.6) is 23.0 Å². The summed E-state index contributed by atoms with van der Waals surface area (Å²) in [5.41, 5.74) is 0.663. The average Bonchev–Trinajstić information content (AvgIpc) is 3.46. The van der Waals surface area contributed by atoms with Gasteiger partial charge in [0.2, 0.25) is 11.6 Å². The Morgan fingerprint density at radius 1 is 1.00 bits per heavy atom. The molecule has 0 radical (unpaired) electrons.